The second-order valence-corrected chi connectivity index (χ2v) is 6.70. The molecule has 0 fully saturated rings. The number of nitrogens with two attached hydrogens (primary N) is 1. The SMILES string of the molecule is C=C(N[C@@H](C)c1ccc(Cl)cc1)OCCCCn1cnc2c(N)ncnc21. The van der Waals surface area contributed by atoms with Gasteiger partial charge in [-0.3, -0.25) is 0 Å². The zero-order chi connectivity index (χ0) is 19.2. The molecule has 1 atom stereocenters. The van der Waals surface area contributed by atoms with Crippen molar-refractivity contribution in [1.29, 1.82) is 0 Å². The molecule has 0 bridgehead atoms. The van der Waals surface area contributed by atoms with E-state index in [9.17, 15) is 0 Å². The number of hydrogen-bond donors (Lipinski definition) is 2. The van der Waals surface area contributed by atoms with Crippen molar-refractivity contribution in [2.24, 2.45) is 0 Å². The Morgan fingerprint density at radius 2 is 2.04 bits per heavy atom. The average Bonchev–Trinajstić information content (AvgIpc) is 3.06. The molecule has 2 aromatic heterocycles. The fraction of sp³-hybridized carbons (Fsp3) is 0.316. The van der Waals surface area contributed by atoms with Gasteiger partial charge in [-0.05, 0) is 44.0 Å². The molecule has 0 saturated heterocycles. The van der Waals surface area contributed by atoms with Gasteiger partial charge in [0.2, 0.25) is 0 Å². The van der Waals surface area contributed by atoms with Crippen LogP contribution in [0.2, 0.25) is 5.02 Å². The minimum Gasteiger partial charge on any atom is -0.480 e. The number of unbranched alkanes of at least 4 members (excludes halogenated alkanes) is 1. The summed E-state index contributed by atoms with van der Waals surface area (Å²) in [5.41, 5.74) is 8.32. The number of nitrogens with one attached hydrogen (secondary N) is 1. The summed E-state index contributed by atoms with van der Waals surface area (Å²) in [6.07, 6.45) is 5.01. The number of aryl methyl sites for hydroxylation is 1. The third kappa shape index (κ3) is 4.89. The zero-order valence-corrected chi connectivity index (χ0v) is 16.0. The summed E-state index contributed by atoms with van der Waals surface area (Å²) in [7, 11) is 0. The Hall–Kier alpha value is -2.80. The second-order valence-electron chi connectivity index (χ2n) is 6.27. The van der Waals surface area contributed by atoms with Crippen LogP contribution in [0.15, 0.2) is 49.4 Å². The van der Waals surface area contributed by atoms with Gasteiger partial charge in [0.25, 0.3) is 0 Å². The first-order valence-electron chi connectivity index (χ1n) is 8.79. The number of nitrogens with zero attached hydrogens (tertiary/aromatic N) is 4. The minimum atomic E-state index is 0.0947. The molecule has 0 spiro atoms. The third-order valence-corrected chi connectivity index (χ3v) is 4.50. The molecule has 3 aromatic rings. The highest BCUT2D eigenvalue weighted by Gasteiger charge is 2.08. The van der Waals surface area contributed by atoms with Crippen molar-refractivity contribution in [2.45, 2.75) is 32.4 Å². The Labute approximate surface area is 163 Å². The molecular formula is C19H23ClN6O. The van der Waals surface area contributed by atoms with Crippen LogP contribution in [0.3, 0.4) is 0 Å². The van der Waals surface area contributed by atoms with Crippen molar-refractivity contribution in [1.82, 2.24) is 24.8 Å². The van der Waals surface area contributed by atoms with Crippen LogP contribution in [0.25, 0.3) is 11.2 Å². The summed E-state index contributed by atoms with van der Waals surface area (Å²) in [5.74, 6) is 0.963. The predicted octanol–water partition coefficient (Wildman–Crippen LogP) is 3.68. The Kier molecular flexibility index (Phi) is 6.13. The fourth-order valence-corrected chi connectivity index (χ4v) is 2.89. The highest BCUT2D eigenvalue weighted by atomic mass is 35.5. The number of imidazole rings is 1. The molecular weight excluding hydrogens is 364 g/mol. The van der Waals surface area contributed by atoms with Gasteiger partial charge in [0.1, 0.15) is 11.8 Å². The van der Waals surface area contributed by atoms with Crippen LogP contribution in [0.4, 0.5) is 5.82 Å². The average molecular weight is 387 g/mol. The lowest BCUT2D eigenvalue weighted by molar-refractivity contribution is 0.180. The fourth-order valence-electron chi connectivity index (χ4n) is 2.76. The third-order valence-electron chi connectivity index (χ3n) is 4.25. The van der Waals surface area contributed by atoms with Crippen LogP contribution >= 0.6 is 11.6 Å². The number of fused-ring (bicyclic) bond motifs is 1. The number of halogens is 1. The Morgan fingerprint density at radius 3 is 2.81 bits per heavy atom. The van der Waals surface area contributed by atoms with Gasteiger partial charge in [0.05, 0.1) is 19.0 Å². The van der Waals surface area contributed by atoms with Gasteiger partial charge in [-0.25, -0.2) is 15.0 Å². The van der Waals surface area contributed by atoms with Gasteiger partial charge >= 0.3 is 0 Å². The van der Waals surface area contributed by atoms with Crippen molar-refractivity contribution in [3.8, 4) is 0 Å². The molecule has 2 heterocycles. The first-order valence-corrected chi connectivity index (χ1v) is 9.17. The number of nitrogen functional groups attached to an aromatic ring is 1. The van der Waals surface area contributed by atoms with E-state index >= 15 is 0 Å². The van der Waals surface area contributed by atoms with Gasteiger partial charge in [-0.1, -0.05) is 23.7 Å². The zero-order valence-electron chi connectivity index (χ0n) is 15.2. The van der Waals surface area contributed by atoms with Crippen molar-refractivity contribution in [3.63, 3.8) is 0 Å². The molecule has 7 nitrogen and oxygen atoms in total. The lowest BCUT2D eigenvalue weighted by atomic mass is 10.1. The van der Waals surface area contributed by atoms with Crippen LogP contribution in [0, 0.1) is 0 Å². The number of benzene rings is 1. The van der Waals surface area contributed by atoms with Gasteiger partial charge < -0.3 is 20.4 Å². The van der Waals surface area contributed by atoms with Crippen molar-refractivity contribution in [2.75, 3.05) is 12.3 Å². The normalized spacial score (nSPS) is 12.1. The first kappa shape index (κ1) is 19.0. The van der Waals surface area contributed by atoms with E-state index in [1.54, 1.807) is 6.33 Å². The summed E-state index contributed by atoms with van der Waals surface area (Å²) >= 11 is 5.92. The Morgan fingerprint density at radius 1 is 1.26 bits per heavy atom. The number of aromatic nitrogens is 4. The van der Waals surface area contributed by atoms with Gasteiger partial charge in [0, 0.05) is 11.6 Å². The van der Waals surface area contributed by atoms with Crippen LogP contribution in [0.1, 0.15) is 31.4 Å². The molecule has 8 heteroatoms. The van der Waals surface area contributed by atoms with E-state index in [-0.39, 0.29) is 6.04 Å². The maximum absolute atomic E-state index is 5.92. The Balaban J connectivity index is 1.39. The summed E-state index contributed by atoms with van der Waals surface area (Å²) in [6, 6.07) is 7.81. The van der Waals surface area contributed by atoms with Crippen LogP contribution < -0.4 is 11.1 Å². The quantitative estimate of drug-likeness (QED) is 0.430. The largest absolute Gasteiger partial charge is 0.480 e. The van der Waals surface area contributed by atoms with Crippen molar-refractivity contribution < 1.29 is 4.74 Å². The summed E-state index contributed by atoms with van der Waals surface area (Å²) in [6.45, 7) is 7.36. The van der Waals surface area contributed by atoms with E-state index in [0.717, 1.165) is 35.6 Å². The molecule has 0 radical (unpaired) electrons. The maximum atomic E-state index is 5.92. The molecule has 3 N–H and O–H groups in total. The highest BCUT2D eigenvalue weighted by molar-refractivity contribution is 6.30. The highest BCUT2D eigenvalue weighted by Crippen LogP contribution is 2.17. The molecule has 0 aliphatic rings. The molecule has 0 amide bonds. The van der Waals surface area contributed by atoms with E-state index in [0.29, 0.717) is 23.8 Å². The van der Waals surface area contributed by atoms with Gasteiger partial charge in [-0.2, -0.15) is 0 Å². The number of rotatable bonds is 9. The van der Waals surface area contributed by atoms with E-state index in [4.69, 9.17) is 22.1 Å². The van der Waals surface area contributed by atoms with E-state index in [2.05, 4.69) is 33.8 Å². The number of ether oxygens (including phenoxy) is 1. The standard InChI is InChI=1S/C19H23ClN6O/c1-13(15-5-7-16(20)8-6-15)25-14(2)27-10-4-3-9-26-12-24-17-18(21)22-11-23-19(17)26/h5-8,11-13,25H,2-4,9-10H2,1H3,(H2,21,22,23)/t13-/m0/s1. The number of anilines is 1. The lowest BCUT2D eigenvalue weighted by Crippen LogP contribution is -2.19. The summed E-state index contributed by atoms with van der Waals surface area (Å²) in [4.78, 5) is 12.5. The van der Waals surface area contributed by atoms with Crippen molar-refractivity contribution >= 4 is 28.6 Å². The van der Waals surface area contributed by atoms with Crippen LogP contribution in [-0.4, -0.2) is 26.1 Å². The lowest BCUT2D eigenvalue weighted by Gasteiger charge is -2.18. The smallest absolute Gasteiger partial charge is 0.179 e. The Bertz CT molecular complexity index is 908. The van der Waals surface area contributed by atoms with Crippen LogP contribution in [-0.2, 0) is 11.3 Å². The predicted molar refractivity (Wildman–Crippen MR) is 107 cm³/mol. The second kappa shape index (κ2) is 8.73. The molecule has 3 rings (SSSR count). The molecule has 0 aliphatic carbocycles. The molecule has 142 valence electrons. The monoisotopic (exact) mass is 386 g/mol. The van der Waals surface area contributed by atoms with E-state index in [1.165, 1.54) is 6.33 Å². The summed E-state index contributed by atoms with van der Waals surface area (Å²) < 4.78 is 7.66. The van der Waals surface area contributed by atoms with Crippen LogP contribution in [0.5, 0.6) is 0 Å². The minimum absolute atomic E-state index is 0.0947. The topological polar surface area (TPSA) is 90.9 Å². The molecule has 0 unspecified atom stereocenters. The molecule has 0 saturated carbocycles. The molecule has 0 aliphatic heterocycles. The molecule has 27 heavy (non-hydrogen) atoms. The van der Waals surface area contributed by atoms with Crippen molar-refractivity contribution in [3.05, 3.63) is 60.0 Å². The van der Waals surface area contributed by atoms with Gasteiger partial charge in [-0.15, -0.1) is 0 Å². The maximum Gasteiger partial charge on any atom is 0.179 e. The van der Waals surface area contributed by atoms with E-state index < -0.39 is 0 Å². The summed E-state index contributed by atoms with van der Waals surface area (Å²) in [5, 5.41) is 3.97. The molecule has 1 aromatic carbocycles. The van der Waals surface area contributed by atoms with E-state index in [1.807, 2.05) is 28.8 Å². The van der Waals surface area contributed by atoms with Gasteiger partial charge in [0.15, 0.2) is 17.3 Å². The number of hydrogen-bond acceptors (Lipinski definition) is 6. The first-order chi connectivity index (χ1) is 13.0.